The van der Waals surface area contributed by atoms with Crippen molar-refractivity contribution in [1.29, 1.82) is 0 Å². The van der Waals surface area contributed by atoms with Crippen molar-refractivity contribution in [1.82, 2.24) is 9.97 Å². The first-order valence-corrected chi connectivity index (χ1v) is 5.69. The van der Waals surface area contributed by atoms with Gasteiger partial charge in [0.2, 0.25) is 5.88 Å². The molecule has 0 fully saturated rings. The van der Waals surface area contributed by atoms with Gasteiger partial charge in [0.15, 0.2) is 0 Å². The summed E-state index contributed by atoms with van der Waals surface area (Å²) in [6, 6.07) is 4.41. The summed E-state index contributed by atoms with van der Waals surface area (Å²) < 4.78 is 43.0. The Morgan fingerprint density at radius 1 is 1.24 bits per heavy atom. The fourth-order valence-electron chi connectivity index (χ4n) is 1.47. The molecule has 0 saturated heterocycles. The first-order valence-electron chi connectivity index (χ1n) is 5.69. The van der Waals surface area contributed by atoms with Crippen LogP contribution in [0.25, 0.3) is 0 Å². The van der Waals surface area contributed by atoms with E-state index in [1.165, 1.54) is 12.3 Å². The van der Waals surface area contributed by atoms with E-state index >= 15 is 0 Å². The van der Waals surface area contributed by atoms with Crippen LogP contribution in [0.2, 0.25) is 0 Å². The van der Waals surface area contributed by atoms with E-state index in [1.807, 2.05) is 0 Å². The van der Waals surface area contributed by atoms with Crippen molar-refractivity contribution in [3.8, 4) is 11.6 Å². The summed E-state index contributed by atoms with van der Waals surface area (Å²) >= 11 is 0. The van der Waals surface area contributed by atoms with Crippen molar-refractivity contribution < 1.29 is 27.8 Å². The molecular formula is C13H9F3N2O3. The molecule has 1 N–H and O–H groups in total. The van der Waals surface area contributed by atoms with Gasteiger partial charge in [-0.05, 0) is 31.2 Å². The zero-order chi connectivity index (χ0) is 15.6. The number of aryl methyl sites for hydroxylation is 1. The zero-order valence-corrected chi connectivity index (χ0v) is 10.7. The smallest absolute Gasteiger partial charge is 0.433 e. The largest absolute Gasteiger partial charge is 0.477 e. The van der Waals surface area contributed by atoms with Crippen LogP contribution >= 0.6 is 0 Å². The van der Waals surface area contributed by atoms with Gasteiger partial charge in [-0.25, -0.2) is 9.78 Å². The summed E-state index contributed by atoms with van der Waals surface area (Å²) in [5.74, 6) is -1.98. The van der Waals surface area contributed by atoms with Gasteiger partial charge in [0.25, 0.3) is 0 Å². The molecule has 0 bridgehead atoms. The Morgan fingerprint density at radius 2 is 1.95 bits per heavy atom. The standard InChI is InChI=1S/C13H9F3N2O3/c1-7-2-3-8(6-17-7)21-11-9(12(19)20)4-5-10(18-11)13(14,15)16/h2-6H,1H3,(H,19,20). The first kappa shape index (κ1) is 14.8. The number of alkyl halides is 3. The van der Waals surface area contributed by atoms with Gasteiger partial charge >= 0.3 is 12.1 Å². The molecule has 0 aliphatic carbocycles. The fraction of sp³-hybridized carbons (Fsp3) is 0.154. The van der Waals surface area contributed by atoms with E-state index in [1.54, 1.807) is 13.0 Å². The Balaban J connectivity index is 2.43. The maximum Gasteiger partial charge on any atom is 0.433 e. The van der Waals surface area contributed by atoms with Crippen molar-refractivity contribution in [3.63, 3.8) is 0 Å². The summed E-state index contributed by atoms with van der Waals surface area (Å²) in [7, 11) is 0. The second-order valence-electron chi connectivity index (χ2n) is 4.09. The number of nitrogens with zero attached hydrogens (tertiary/aromatic N) is 2. The maximum atomic E-state index is 12.6. The predicted octanol–water partition coefficient (Wildman–Crippen LogP) is 3.29. The Labute approximate surface area is 117 Å². The lowest BCUT2D eigenvalue weighted by Crippen LogP contribution is -2.11. The molecule has 21 heavy (non-hydrogen) atoms. The van der Waals surface area contributed by atoms with Crippen molar-refractivity contribution in [2.45, 2.75) is 13.1 Å². The number of aromatic nitrogens is 2. The Hall–Kier alpha value is -2.64. The molecule has 110 valence electrons. The molecule has 0 radical (unpaired) electrons. The van der Waals surface area contributed by atoms with Crippen LogP contribution in [0.3, 0.4) is 0 Å². The number of halogens is 3. The van der Waals surface area contributed by atoms with Crippen LogP contribution in [-0.2, 0) is 6.18 Å². The zero-order valence-electron chi connectivity index (χ0n) is 10.7. The number of carboxylic acid groups (broad SMARTS) is 1. The molecule has 0 spiro atoms. The molecule has 0 aromatic carbocycles. The third-order valence-electron chi connectivity index (χ3n) is 2.48. The Kier molecular flexibility index (Phi) is 3.79. The number of aromatic carboxylic acids is 1. The Bertz CT molecular complexity index is 669. The highest BCUT2D eigenvalue weighted by Gasteiger charge is 2.34. The minimum Gasteiger partial charge on any atom is -0.477 e. The predicted molar refractivity (Wildman–Crippen MR) is 65.2 cm³/mol. The molecule has 5 nitrogen and oxygen atoms in total. The van der Waals surface area contributed by atoms with Gasteiger partial charge < -0.3 is 9.84 Å². The maximum absolute atomic E-state index is 12.6. The van der Waals surface area contributed by atoms with E-state index < -0.39 is 29.3 Å². The number of carboxylic acids is 1. The van der Waals surface area contributed by atoms with Crippen molar-refractivity contribution >= 4 is 5.97 Å². The lowest BCUT2D eigenvalue weighted by Gasteiger charge is -2.11. The number of pyridine rings is 2. The van der Waals surface area contributed by atoms with E-state index in [-0.39, 0.29) is 5.75 Å². The molecule has 0 amide bonds. The van der Waals surface area contributed by atoms with E-state index in [9.17, 15) is 18.0 Å². The van der Waals surface area contributed by atoms with Crippen molar-refractivity contribution in [2.75, 3.05) is 0 Å². The molecule has 0 saturated carbocycles. The molecule has 0 aliphatic heterocycles. The molecule has 0 unspecified atom stereocenters. The van der Waals surface area contributed by atoms with Gasteiger partial charge in [0.05, 0.1) is 6.20 Å². The van der Waals surface area contributed by atoms with Gasteiger partial charge in [-0.15, -0.1) is 0 Å². The summed E-state index contributed by atoms with van der Waals surface area (Å²) in [5.41, 5.74) is -1.02. The number of hydrogen-bond acceptors (Lipinski definition) is 4. The van der Waals surface area contributed by atoms with Gasteiger partial charge in [0.1, 0.15) is 17.0 Å². The molecular weight excluding hydrogens is 289 g/mol. The third kappa shape index (κ3) is 3.47. The molecule has 8 heteroatoms. The van der Waals surface area contributed by atoms with Crippen LogP contribution in [0.15, 0.2) is 30.5 Å². The highest BCUT2D eigenvalue weighted by Crippen LogP contribution is 2.31. The molecule has 2 heterocycles. The average Bonchev–Trinajstić information content (AvgIpc) is 2.40. The van der Waals surface area contributed by atoms with Crippen LogP contribution in [0.4, 0.5) is 13.2 Å². The summed E-state index contributed by atoms with van der Waals surface area (Å²) in [5, 5.41) is 8.96. The van der Waals surface area contributed by atoms with E-state index in [0.717, 1.165) is 6.07 Å². The average molecular weight is 298 g/mol. The number of rotatable bonds is 3. The van der Waals surface area contributed by atoms with Crippen molar-refractivity contribution in [2.24, 2.45) is 0 Å². The summed E-state index contributed by atoms with van der Waals surface area (Å²) in [6.07, 6.45) is -3.43. The van der Waals surface area contributed by atoms with E-state index in [4.69, 9.17) is 9.84 Å². The van der Waals surface area contributed by atoms with Crippen LogP contribution in [0.5, 0.6) is 11.6 Å². The lowest BCUT2D eigenvalue weighted by atomic mass is 10.2. The van der Waals surface area contributed by atoms with Crippen molar-refractivity contribution in [3.05, 3.63) is 47.4 Å². The van der Waals surface area contributed by atoms with Gasteiger partial charge in [-0.1, -0.05) is 0 Å². The number of hydrogen-bond donors (Lipinski definition) is 1. The van der Waals surface area contributed by atoms with E-state index in [2.05, 4.69) is 9.97 Å². The second kappa shape index (κ2) is 5.39. The molecule has 2 aromatic heterocycles. The topological polar surface area (TPSA) is 72.3 Å². The SMILES string of the molecule is Cc1ccc(Oc2nc(C(F)(F)F)ccc2C(=O)O)cn1. The molecule has 0 aliphatic rings. The highest BCUT2D eigenvalue weighted by molar-refractivity contribution is 5.90. The monoisotopic (exact) mass is 298 g/mol. The summed E-state index contributed by atoms with van der Waals surface area (Å²) in [4.78, 5) is 18.1. The first-order chi connectivity index (χ1) is 9.77. The van der Waals surface area contributed by atoms with Gasteiger partial charge in [0, 0.05) is 5.69 Å². The molecule has 2 rings (SSSR count). The normalized spacial score (nSPS) is 11.2. The number of ether oxygens (including phenoxy) is 1. The van der Waals surface area contributed by atoms with Crippen LogP contribution < -0.4 is 4.74 Å². The van der Waals surface area contributed by atoms with Gasteiger partial charge in [-0.3, -0.25) is 4.98 Å². The van der Waals surface area contributed by atoms with Crippen LogP contribution in [-0.4, -0.2) is 21.0 Å². The van der Waals surface area contributed by atoms with Gasteiger partial charge in [-0.2, -0.15) is 13.2 Å². The molecule has 0 atom stereocenters. The minimum atomic E-state index is -4.69. The minimum absolute atomic E-state index is 0.0925. The summed E-state index contributed by atoms with van der Waals surface area (Å²) in [6.45, 7) is 1.72. The van der Waals surface area contributed by atoms with Crippen LogP contribution in [0, 0.1) is 6.92 Å². The number of carbonyl (C=O) groups is 1. The van der Waals surface area contributed by atoms with E-state index in [0.29, 0.717) is 11.8 Å². The highest BCUT2D eigenvalue weighted by atomic mass is 19.4. The second-order valence-corrected chi connectivity index (χ2v) is 4.09. The fourth-order valence-corrected chi connectivity index (χ4v) is 1.47. The Morgan fingerprint density at radius 3 is 2.48 bits per heavy atom. The third-order valence-corrected chi connectivity index (χ3v) is 2.48. The van der Waals surface area contributed by atoms with Crippen LogP contribution in [0.1, 0.15) is 21.7 Å². The lowest BCUT2D eigenvalue weighted by molar-refractivity contribution is -0.141. The quantitative estimate of drug-likeness (QED) is 0.941. The molecule has 2 aromatic rings.